The Bertz CT molecular complexity index is 1290. The van der Waals surface area contributed by atoms with Gasteiger partial charge in [-0.15, -0.1) is 0 Å². The van der Waals surface area contributed by atoms with Crippen molar-refractivity contribution >= 4 is 11.7 Å². The number of methoxy groups -OCH3 is 1. The number of hydrogen-bond donors (Lipinski definition) is 1. The van der Waals surface area contributed by atoms with E-state index in [0.29, 0.717) is 0 Å². The highest BCUT2D eigenvalue weighted by Crippen LogP contribution is 2.36. The highest BCUT2D eigenvalue weighted by atomic mass is 19.1. The Labute approximate surface area is 207 Å². The first kappa shape index (κ1) is 24.7. The molecule has 1 N–H and O–H groups in total. The van der Waals surface area contributed by atoms with Crippen molar-refractivity contribution in [2.24, 2.45) is 0 Å². The van der Waals surface area contributed by atoms with Crippen LogP contribution < -0.4 is 14.8 Å². The van der Waals surface area contributed by atoms with Crippen molar-refractivity contribution in [3.8, 4) is 22.9 Å². The molecule has 0 aliphatic heterocycles. The van der Waals surface area contributed by atoms with Crippen molar-refractivity contribution in [1.29, 1.82) is 0 Å². The maximum Gasteiger partial charge on any atom is 0.325 e. The number of aromatic nitrogens is 1. The van der Waals surface area contributed by atoms with Crippen molar-refractivity contribution in [2.75, 3.05) is 19.0 Å². The van der Waals surface area contributed by atoms with Gasteiger partial charge in [0, 0.05) is 11.8 Å². The maximum atomic E-state index is 15.1. The summed E-state index contributed by atoms with van der Waals surface area (Å²) in [5.74, 6) is -1.97. The Balaban J connectivity index is 1.63. The van der Waals surface area contributed by atoms with E-state index in [4.69, 9.17) is 9.47 Å². The van der Waals surface area contributed by atoms with Gasteiger partial charge in [-0.1, -0.05) is 60.7 Å². The number of carbonyl (C=O) groups is 1. The molecule has 4 rings (SSSR count). The molecule has 0 atom stereocenters. The van der Waals surface area contributed by atoms with Gasteiger partial charge in [0.05, 0.1) is 18.2 Å². The molecule has 0 aliphatic carbocycles. The van der Waals surface area contributed by atoms with Gasteiger partial charge in [-0.2, -0.15) is 4.98 Å². The number of benzene rings is 3. The summed E-state index contributed by atoms with van der Waals surface area (Å²) in [6.45, 7) is 0.189. The van der Waals surface area contributed by atoms with Gasteiger partial charge in [0.2, 0.25) is 11.8 Å². The van der Waals surface area contributed by atoms with Crippen LogP contribution in [0.25, 0.3) is 11.1 Å². The molecule has 0 spiro atoms. The molecule has 36 heavy (non-hydrogen) atoms. The molecule has 0 bridgehead atoms. The minimum absolute atomic E-state index is 0.0254. The van der Waals surface area contributed by atoms with Crippen LogP contribution in [0.2, 0.25) is 0 Å². The number of pyridine rings is 1. The summed E-state index contributed by atoms with van der Waals surface area (Å²) in [5, 5.41) is 2.64. The van der Waals surface area contributed by atoms with E-state index in [0.717, 1.165) is 23.3 Å². The second kappa shape index (κ2) is 11.8. The average molecular weight is 491 g/mol. The normalized spacial score (nSPS) is 10.5. The molecule has 8 heteroatoms. The second-order valence-electron chi connectivity index (χ2n) is 7.80. The zero-order valence-electron chi connectivity index (χ0n) is 19.5. The summed E-state index contributed by atoms with van der Waals surface area (Å²) in [4.78, 5) is 15.7. The van der Waals surface area contributed by atoms with Crippen molar-refractivity contribution in [2.45, 2.75) is 13.2 Å². The Hall–Kier alpha value is -4.46. The van der Waals surface area contributed by atoms with Crippen LogP contribution in [0, 0.1) is 11.6 Å². The fourth-order valence-electron chi connectivity index (χ4n) is 3.44. The van der Waals surface area contributed by atoms with E-state index >= 15 is 8.78 Å². The number of nitrogens with one attached hydrogen (secondary N) is 1. The molecule has 0 amide bonds. The second-order valence-corrected chi connectivity index (χ2v) is 7.80. The number of esters is 1. The minimum atomic E-state index is -0.841. The van der Waals surface area contributed by atoms with Gasteiger partial charge in [-0.3, -0.25) is 4.79 Å². The molecule has 3 aromatic carbocycles. The zero-order valence-corrected chi connectivity index (χ0v) is 19.5. The third kappa shape index (κ3) is 6.35. The molecule has 1 aromatic heterocycles. The highest BCUT2D eigenvalue weighted by Gasteiger charge is 2.20. The van der Waals surface area contributed by atoms with Gasteiger partial charge in [0.25, 0.3) is 0 Å². The number of carbonyl (C=O) groups excluding carboxylic acids is 1. The number of ether oxygens (including phenoxy) is 3. The topological polar surface area (TPSA) is 69.7 Å². The van der Waals surface area contributed by atoms with Crippen LogP contribution in [0.3, 0.4) is 0 Å². The number of rotatable bonds is 10. The van der Waals surface area contributed by atoms with Crippen LogP contribution in [0.1, 0.15) is 11.1 Å². The lowest BCUT2D eigenvalue weighted by atomic mass is 10.0. The smallest absolute Gasteiger partial charge is 0.325 e. The van der Waals surface area contributed by atoms with E-state index < -0.39 is 17.6 Å². The van der Waals surface area contributed by atoms with E-state index in [1.54, 1.807) is 0 Å². The summed E-state index contributed by atoms with van der Waals surface area (Å²) >= 11 is 0. The molecule has 0 saturated heterocycles. The minimum Gasteiger partial charge on any atom is -0.473 e. The SMILES string of the molecule is COC(=O)CNc1cc(F)c(-c2ccc(OCc3ccccc3)nc2OCc2ccccc2)c(F)c1. The predicted octanol–water partition coefficient (Wildman–Crippen LogP) is 5.77. The van der Waals surface area contributed by atoms with Crippen LogP contribution in [-0.2, 0) is 22.7 Å². The van der Waals surface area contributed by atoms with Crippen molar-refractivity contribution in [3.05, 3.63) is 108 Å². The molecule has 0 fully saturated rings. The molecule has 0 saturated carbocycles. The fourth-order valence-corrected chi connectivity index (χ4v) is 3.44. The number of hydrogen-bond acceptors (Lipinski definition) is 6. The fraction of sp³-hybridized carbons (Fsp3) is 0.143. The van der Waals surface area contributed by atoms with Crippen LogP contribution in [0.15, 0.2) is 84.9 Å². The average Bonchev–Trinajstić information content (AvgIpc) is 2.91. The lowest BCUT2D eigenvalue weighted by Gasteiger charge is -2.15. The Kier molecular flexibility index (Phi) is 8.08. The van der Waals surface area contributed by atoms with Crippen LogP contribution in [-0.4, -0.2) is 24.6 Å². The van der Waals surface area contributed by atoms with E-state index in [1.807, 2.05) is 60.7 Å². The predicted molar refractivity (Wildman–Crippen MR) is 132 cm³/mol. The highest BCUT2D eigenvalue weighted by molar-refractivity contribution is 5.76. The third-order valence-electron chi connectivity index (χ3n) is 5.26. The van der Waals surface area contributed by atoms with Gasteiger partial charge in [0.15, 0.2) is 0 Å². The maximum absolute atomic E-state index is 15.1. The number of anilines is 1. The van der Waals surface area contributed by atoms with Crippen LogP contribution in [0.4, 0.5) is 14.5 Å². The summed E-state index contributed by atoms with van der Waals surface area (Å²) in [6, 6.07) is 24.2. The summed E-state index contributed by atoms with van der Waals surface area (Å²) in [7, 11) is 1.23. The molecular weight excluding hydrogens is 466 g/mol. The number of nitrogens with zero attached hydrogens (tertiary/aromatic N) is 1. The third-order valence-corrected chi connectivity index (χ3v) is 5.26. The first-order chi connectivity index (χ1) is 17.5. The Morgan fingerprint density at radius 2 is 1.42 bits per heavy atom. The molecule has 4 aromatic rings. The molecule has 0 unspecified atom stereocenters. The standard InChI is InChI=1S/C28H24F2N2O4/c1-34-26(33)16-31-21-14-23(29)27(24(30)15-21)22-12-13-25(35-17-19-8-4-2-5-9-19)32-28(22)36-18-20-10-6-3-7-11-20/h2-15,31H,16-18H2,1H3. The Morgan fingerprint density at radius 3 is 2.00 bits per heavy atom. The lowest BCUT2D eigenvalue weighted by molar-refractivity contribution is -0.138. The molecule has 0 radical (unpaired) electrons. The van der Waals surface area contributed by atoms with E-state index in [2.05, 4.69) is 15.0 Å². The summed E-state index contributed by atoms with van der Waals surface area (Å²) in [6.07, 6.45) is 0. The molecule has 184 valence electrons. The monoisotopic (exact) mass is 490 g/mol. The van der Waals surface area contributed by atoms with Crippen molar-refractivity contribution in [3.63, 3.8) is 0 Å². The lowest BCUT2D eigenvalue weighted by Crippen LogP contribution is -2.15. The van der Waals surface area contributed by atoms with Crippen LogP contribution >= 0.6 is 0 Å². The summed E-state index contributed by atoms with van der Waals surface area (Å²) < 4.78 is 46.4. The number of halogens is 2. The summed E-state index contributed by atoms with van der Waals surface area (Å²) in [5.41, 5.74) is 1.74. The zero-order chi connectivity index (χ0) is 25.3. The first-order valence-corrected chi connectivity index (χ1v) is 11.2. The van der Waals surface area contributed by atoms with Crippen LogP contribution in [0.5, 0.6) is 11.8 Å². The Morgan fingerprint density at radius 1 is 0.833 bits per heavy atom. The van der Waals surface area contributed by atoms with E-state index in [1.165, 1.54) is 19.2 Å². The van der Waals surface area contributed by atoms with E-state index in [-0.39, 0.29) is 48.3 Å². The van der Waals surface area contributed by atoms with Crippen molar-refractivity contribution < 1.29 is 27.8 Å². The molecule has 6 nitrogen and oxygen atoms in total. The first-order valence-electron chi connectivity index (χ1n) is 11.2. The van der Waals surface area contributed by atoms with Gasteiger partial charge in [-0.05, 0) is 29.3 Å². The van der Waals surface area contributed by atoms with Gasteiger partial charge in [0.1, 0.15) is 31.4 Å². The molecule has 1 heterocycles. The van der Waals surface area contributed by atoms with E-state index in [9.17, 15) is 4.79 Å². The molecular formula is C28H24F2N2O4. The quantitative estimate of drug-likeness (QED) is 0.285. The van der Waals surface area contributed by atoms with Crippen molar-refractivity contribution in [1.82, 2.24) is 4.98 Å². The van der Waals surface area contributed by atoms with Gasteiger partial charge >= 0.3 is 5.97 Å². The largest absolute Gasteiger partial charge is 0.473 e. The van der Waals surface area contributed by atoms with Gasteiger partial charge < -0.3 is 19.5 Å². The molecule has 0 aliphatic rings. The van der Waals surface area contributed by atoms with Gasteiger partial charge in [-0.25, -0.2) is 8.78 Å².